The van der Waals surface area contributed by atoms with Crippen molar-refractivity contribution < 1.29 is 0 Å². The van der Waals surface area contributed by atoms with Crippen molar-refractivity contribution in [2.24, 2.45) is 0 Å². The molecule has 0 saturated carbocycles. The molecule has 0 fully saturated rings. The number of nitrogens with zero attached hydrogens (tertiary/aromatic N) is 4. The van der Waals surface area contributed by atoms with E-state index in [0.29, 0.717) is 0 Å². The Morgan fingerprint density at radius 3 is 2.67 bits per heavy atom. The molecule has 2 heterocycles. The molecule has 3 aromatic rings. The van der Waals surface area contributed by atoms with E-state index in [1.807, 2.05) is 36.7 Å². The second-order valence-electron chi connectivity index (χ2n) is 5.00. The van der Waals surface area contributed by atoms with Crippen LogP contribution in [-0.2, 0) is 6.42 Å². The van der Waals surface area contributed by atoms with Crippen LogP contribution in [0.2, 0.25) is 0 Å². The third-order valence-corrected chi connectivity index (χ3v) is 4.63. The van der Waals surface area contributed by atoms with Crippen molar-refractivity contribution in [1.29, 1.82) is 0 Å². The van der Waals surface area contributed by atoms with Gasteiger partial charge in [0.15, 0.2) is 0 Å². The summed E-state index contributed by atoms with van der Waals surface area (Å²) in [4.78, 5) is 18.4. The van der Waals surface area contributed by atoms with Crippen LogP contribution in [0.5, 0.6) is 0 Å². The molecule has 2 aromatic heterocycles. The zero-order valence-electron chi connectivity index (χ0n) is 11.4. The average Bonchev–Trinajstić information content (AvgIpc) is 2.55. The molecule has 0 bridgehead atoms. The SMILES string of the molecule is C1=Cc2n[c]([Al][c]3cnc4ccccc4n3)cnc2CC1. The summed E-state index contributed by atoms with van der Waals surface area (Å²) >= 11 is -0.177. The van der Waals surface area contributed by atoms with Crippen LogP contribution in [0.1, 0.15) is 17.8 Å². The van der Waals surface area contributed by atoms with Crippen molar-refractivity contribution in [2.75, 3.05) is 0 Å². The first-order chi connectivity index (χ1) is 10.4. The Morgan fingerprint density at radius 2 is 1.71 bits per heavy atom. The maximum Gasteiger partial charge on any atom is 0.367 e. The van der Waals surface area contributed by atoms with Crippen molar-refractivity contribution in [1.82, 2.24) is 19.9 Å². The van der Waals surface area contributed by atoms with Gasteiger partial charge in [-0.15, -0.1) is 0 Å². The van der Waals surface area contributed by atoms with E-state index in [4.69, 9.17) is 4.98 Å². The van der Waals surface area contributed by atoms with Gasteiger partial charge in [-0.3, -0.25) is 19.9 Å². The van der Waals surface area contributed by atoms with E-state index in [0.717, 1.165) is 44.4 Å². The number of aryl methyl sites for hydroxylation is 1. The quantitative estimate of drug-likeness (QED) is 0.661. The lowest BCUT2D eigenvalue weighted by atomic mass is 10.1. The summed E-state index contributed by atoms with van der Waals surface area (Å²) in [5, 5.41) is 0. The number of allylic oxidation sites excluding steroid dienone is 1. The lowest BCUT2D eigenvalue weighted by Crippen LogP contribution is -2.33. The third kappa shape index (κ3) is 2.58. The van der Waals surface area contributed by atoms with E-state index in [-0.39, 0.29) is 15.2 Å². The number of hydrogen-bond donors (Lipinski definition) is 0. The Balaban J connectivity index is 1.67. The van der Waals surface area contributed by atoms with Gasteiger partial charge < -0.3 is 0 Å². The van der Waals surface area contributed by atoms with E-state index in [1.165, 1.54) is 0 Å². The second kappa shape index (κ2) is 5.36. The van der Waals surface area contributed by atoms with E-state index in [2.05, 4.69) is 27.1 Å². The van der Waals surface area contributed by atoms with E-state index in [9.17, 15) is 0 Å². The summed E-state index contributed by atoms with van der Waals surface area (Å²) in [6.07, 6.45) is 10.0. The van der Waals surface area contributed by atoms with Crippen LogP contribution >= 0.6 is 0 Å². The minimum Gasteiger partial charge on any atom is -0.269 e. The first kappa shape index (κ1) is 12.6. The van der Waals surface area contributed by atoms with Gasteiger partial charge in [0.1, 0.15) is 0 Å². The van der Waals surface area contributed by atoms with Gasteiger partial charge >= 0.3 is 15.2 Å². The van der Waals surface area contributed by atoms with Crippen LogP contribution in [0.3, 0.4) is 0 Å². The maximum absolute atomic E-state index is 4.71. The van der Waals surface area contributed by atoms with Gasteiger partial charge in [0.05, 0.1) is 22.4 Å². The topological polar surface area (TPSA) is 51.6 Å². The number of para-hydroxylation sites is 2. The molecule has 0 spiro atoms. The average molecular weight is 287 g/mol. The fourth-order valence-corrected chi connectivity index (χ4v) is 3.45. The molecule has 21 heavy (non-hydrogen) atoms. The summed E-state index contributed by atoms with van der Waals surface area (Å²) in [6.45, 7) is 0. The molecule has 4 nitrogen and oxygen atoms in total. The molecule has 1 aliphatic carbocycles. The minimum atomic E-state index is -0.177. The Hall–Kier alpha value is -2.09. The largest absolute Gasteiger partial charge is 0.367 e. The number of hydrogen-bond acceptors (Lipinski definition) is 4. The van der Waals surface area contributed by atoms with Crippen LogP contribution < -0.4 is 9.11 Å². The summed E-state index contributed by atoms with van der Waals surface area (Å²) in [6, 6.07) is 7.93. The fourth-order valence-electron chi connectivity index (χ4n) is 2.45. The predicted molar refractivity (Wildman–Crippen MR) is 83.9 cm³/mol. The molecule has 0 atom stereocenters. The van der Waals surface area contributed by atoms with Gasteiger partial charge in [0.2, 0.25) is 0 Å². The standard InChI is InChI=1S/C8H7N2.C8H5N2.Al/c2*1-2-4-8-7(3-1)9-5-6-10-8;/h1,3,6H,2,4H2;1-5H;. The molecule has 0 amide bonds. The van der Waals surface area contributed by atoms with Gasteiger partial charge in [-0.1, -0.05) is 18.2 Å². The van der Waals surface area contributed by atoms with Crippen molar-refractivity contribution in [3.05, 3.63) is 54.1 Å². The van der Waals surface area contributed by atoms with Crippen molar-refractivity contribution in [2.45, 2.75) is 12.8 Å². The predicted octanol–water partition coefficient (Wildman–Crippen LogP) is 1.03. The van der Waals surface area contributed by atoms with Crippen molar-refractivity contribution >= 4 is 41.4 Å². The van der Waals surface area contributed by atoms with Crippen LogP contribution in [0.15, 0.2) is 42.7 Å². The minimum absolute atomic E-state index is 0.177. The number of rotatable bonds is 2. The van der Waals surface area contributed by atoms with Crippen molar-refractivity contribution in [3.63, 3.8) is 0 Å². The molecule has 4 rings (SSSR count). The molecular weight excluding hydrogens is 275 g/mol. The highest BCUT2D eigenvalue weighted by molar-refractivity contribution is 6.65. The van der Waals surface area contributed by atoms with E-state index < -0.39 is 0 Å². The van der Waals surface area contributed by atoms with Gasteiger partial charge in [-0.05, 0) is 40.2 Å². The molecule has 99 valence electrons. The van der Waals surface area contributed by atoms with E-state index >= 15 is 0 Å². The Bertz CT molecular complexity index is 845. The highest BCUT2D eigenvalue weighted by atomic mass is 27.1. The smallest absolute Gasteiger partial charge is 0.269 e. The van der Waals surface area contributed by atoms with Gasteiger partial charge in [0.25, 0.3) is 0 Å². The molecular formula is C16H12AlN4. The van der Waals surface area contributed by atoms with Crippen LogP contribution in [0.4, 0.5) is 0 Å². The maximum atomic E-state index is 4.71. The molecule has 0 aliphatic heterocycles. The van der Waals surface area contributed by atoms with Gasteiger partial charge in [0, 0.05) is 12.4 Å². The van der Waals surface area contributed by atoms with Crippen molar-refractivity contribution in [3.8, 4) is 0 Å². The Kier molecular flexibility index (Phi) is 3.23. The molecule has 5 heteroatoms. The number of fused-ring (bicyclic) bond motifs is 2. The highest BCUT2D eigenvalue weighted by Crippen LogP contribution is 2.12. The van der Waals surface area contributed by atoms with Gasteiger partial charge in [-0.2, -0.15) is 0 Å². The zero-order chi connectivity index (χ0) is 14.1. The van der Waals surface area contributed by atoms with Crippen LogP contribution in [0.25, 0.3) is 17.1 Å². The van der Waals surface area contributed by atoms with Gasteiger partial charge in [-0.25, -0.2) is 0 Å². The molecule has 1 aromatic carbocycles. The lowest BCUT2D eigenvalue weighted by Gasteiger charge is -2.09. The summed E-state index contributed by atoms with van der Waals surface area (Å²) < 4.78 is 2.02. The first-order valence-electron chi connectivity index (χ1n) is 6.97. The third-order valence-electron chi connectivity index (χ3n) is 3.48. The first-order valence-corrected chi connectivity index (χ1v) is 8.13. The molecule has 0 N–H and O–H groups in total. The highest BCUT2D eigenvalue weighted by Gasteiger charge is 2.11. The zero-order valence-corrected chi connectivity index (χ0v) is 12.6. The molecule has 0 unspecified atom stereocenters. The number of benzene rings is 1. The van der Waals surface area contributed by atoms with E-state index in [1.54, 1.807) is 0 Å². The summed E-state index contributed by atoms with van der Waals surface area (Å²) in [5.74, 6) is 0. The molecule has 0 saturated heterocycles. The van der Waals surface area contributed by atoms with Crippen LogP contribution in [0, 0.1) is 0 Å². The summed E-state index contributed by atoms with van der Waals surface area (Å²) in [7, 11) is 0. The normalized spacial score (nSPS) is 13.1. The second-order valence-corrected chi connectivity index (χ2v) is 6.47. The molecule has 1 radical (unpaired) electrons. The van der Waals surface area contributed by atoms with Crippen LogP contribution in [-0.4, -0.2) is 35.2 Å². The summed E-state index contributed by atoms with van der Waals surface area (Å²) in [5.41, 5.74) is 3.98. The monoisotopic (exact) mass is 287 g/mol. The molecule has 1 aliphatic rings. The Morgan fingerprint density at radius 1 is 0.905 bits per heavy atom. The lowest BCUT2D eigenvalue weighted by molar-refractivity contribution is 0.908. The number of aromatic nitrogens is 4. The fraction of sp³-hybridized carbons (Fsp3) is 0.125. The Labute approximate surface area is 128 Å².